The average Bonchev–Trinajstić information content (AvgIpc) is 2.92. The summed E-state index contributed by atoms with van der Waals surface area (Å²) in [7, 11) is 1.60. The SMILES string of the molecule is CCc1oc2ccc(Br)cc2c1C(=O)c1ccc(OC)cc1. The molecular formula is C18H15BrO3. The van der Waals surface area contributed by atoms with Crippen LogP contribution in [0.3, 0.4) is 0 Å². The van der Waals surface area contributed by atoms with Gasteiger partial charge in [-0.15, -0.1) is 0 Å². The van der Waals surface area contributed by atoms with Gasteiger partial charge in [-0.25, -0.2) is 0 Å². The van der Waals surface area contributed by atoms with Crippen molar-refractivity contribution < 1.29 is 13.9 Å². The maximum Gasteiger partial charge on any atom is 0.197 e. The second kappa shape index (κ2) is 5.97. The number of benzene rings is 2. The predicted molar refractivity (Wildman–Crippen MR) is 89.7 cm³/mol. The Morgan fingerprint density at radius 3 is 2.55 bits per heavy atom. The van der Waals surface area contributed by atoms with Crippen LogP contribution in [0.25, 0.3) is 11.0 Å². The van der Waals surface area contributed by atoms with E-state index >= 15 is 0 Å². The number of hydrogen-bond donors (Lipinski definition) is 0. The highest BCUT2D eigenvalue weighted by molar-refractivity contribution is 9.10. The van der Waals surface area contributed by atoms with Gasteiger partial charge in [0, 0.05) is 21.8 Å². The number of halogens is 1. The van der Waals surface area contributed by atoms with Gasteiger partial charge >= 0.3 is 0 Å². The van der Waals surface area contributed by atoms with E-state index in [2.05, 4.69) is 15.9 Å². The molecule has 3 aromatic rings. The normalized spacial score (nSPS) is 10.9. The highest BCUT2D eigenvalue weighted by Gasteiger charge is 2.21. The summed E-state index contributed by atoms with van der Waals surface area (Å²) in [6.45, 7) is 1.98. The first kappa shape index (κ1) is 14.9. The van der Waals surface area contributed by atoms with Crippen molar-refractivity contribution in [2.45, 2.75) is 13.3 Å². The number of aryl methyl sites for hydroxylation is 1. The van der Waals surface area contributed by atoms with E-state index in [0.717, 1.165) is 21.2 Å². The van der Waals surface area contributed by atoms with Crippen molar-refractivity contribution in [3.63, 3.8) is 0 Å². The zero-order valence-corrected chi connectivity index (χ0v) is 13.9. The molecule has 0 saturated heterocycles. The van der Waals surface area contributed by atoms with Crippen LogP contribution in [0, 0.1) is 0 Å². The van der Waals surface area contributed by atoms with E-state index in [9.17, 15) is 4.79 Å². The maximum absolute atomic E-state index is 12.9. The van der Waals surface area contributed by atoms with Gasteiger partial charge < -0.3 is 9.15 Å². The Hall–Kier alpha value is -2.07. The van der Waals surface area contributed by atoms with E-state index in [0.29, 0.717) is 23.3 Å². The van der Waals surface area contributed by atoms with Crippen molar-refractivity contribution in [3.8, 4) is 5.75 Å². The molecule has 0 saturated carbocycles. The quantitative estimate of drug-likeness (QED) is 0.616. The standard InChI is InChI=1S/C18H15BrO3/c1-3-15-17(14-10-12(19)6-9-16(14)22-15)18(20)11-4-7-13(21-2)8-5-11/h4-10H,3H2,1-2H3. The zero-order valence-electron chi connectivity index (χ0n) is 12.4. The molecule has 0 fully saturated rings. The lowest BCUT2D eigenvalue weighted by atomic mass is 9.99. The molecule has 3 nitrogen and oxygen atoms in total. The number of ether oxygens (including phenoxy) is 1. The van der Waals surface area contributed by atoms with E-state index in [-0.39, 0.29) is 5.78 Å². The maximum atomic E-state index is 12.9. The Labute approximate surface area is 137 Å². The minimum Gasteiger partial charge on any atom is -0.497 e. The van der Waals surface area contributed by atoms with Crippen LogP contribution < -0.4 is 4.74 Å². The van der Waals surface area contributed by atoms with Crippen LogP contribution in [0.15, 0.2) is 51.4 Å². The van der Waals surface area contributed by atoms with E-state index in [1.54, 1.807) is 31.4 Å². The van der Waals surface area contributed by atoms with Gasteiger partial charge in [0.15, 0.2) is 5.78 Å². The average molecular weight is 359 g/mol. The lowest BCUT2D eigenvalue weighted by Gasteiger charge is -2.04. The number of rotatable bonds is 4. The van der Waals surface area contributed by atoms with Crippen LogP contribution in [-0.2, 0) is 6.42 Å². The Balaban J connectivity index is 2.14. The van der Waals surface area contributed by atoms with Crippen molar-refractivity contribution in [1.82, 2.24) is 0 Å². The molecule has 0 unspecified atom stereocenters. The molecule has 4 heteroatoms. The third kappa shape index (κ3) is 2.55. The first-order valence-electron chi connectivity index (χ1n) is 7.03. The number of fused-ring (bicyclic) bond motifs is 1. The molecule has 0 spiro atoms. The van der Waals surface area contributed by atoms with Crippen LogP contribution in [0.5, 0.6) is 5.75 Å². The summed E-state index contributed by atoms with van der Waals surface area (Å²) in [5.74, 6) is 1.41. The first-order chi connectivity index (χ1) is 10.6. The Morgan fingerprint density at radius 1 is 1.18 bits per heavy atom. The molecule has 1 heterocycles. The van der Waals surface area contributed by atoms with E-state index < -0.39 is 0 Å². The molecule has 0 aliphatic heterocycles. The monoisotopic (exact) mass is 358 g/mol. The van der Waals surface area contributed by atoms with Crippen LogP contribution in [0.2, 0.25) is 0 Å². The van der Waals surface area contributed by atoms with Gasteiger partial charge in [-0.05, 0) is 42.5 Å². The molecule has 0 amide bonds. The first-order valence-corrected chi connectivity index (χ1v) is 7.83. The van der Waals surface area contributed by atoms with E-state index in [4.69, 9.17) is 9.15 Å². The second-order valence-electron chi connectivity index (χ2n) is 4.95. The fourth-order valence-corrected chi connectivity index (χ4v) is 2.87. The summed E-state index contributed by atoms with van der Waals surface area (Å²) in [6.07, 6.45) is 0.670. The number of furan rings is 1. The minimum atomic E-state index is -0.0312. The molecule has 0 aliphatic carbocycles. The minimum absolute atomic E-state index is 0.0312. The summed E-state index contributed by atoms with van der Waals surface area (Å²) >= 11 is 3.45. The molecule has 2 aromatic carbocycles. The predicted octanol–water partition coefficient (Wildman–Crippen LogP) is 5.00. The van der Waals surface area contributed by atoms with Gasteiger partial charge in [-0.1, -0.05) is 22.9 Å². The smallest absolute Gasteiger partial charge is 0.197 e. The second-order valence-corrected chi connectivity index (χ2v) is 5.87. The van der Waals surface area contributed by atoms with Gasteiger partial charge in [0.1, 0.15) is 17.1 Å². The van der Waals surface area contributed by atoms with Gasteiger partial charge in [0.05, 0.1) is 12.7 Å². The molecule has 0 aliphatic rings. The lowest BCUT2D eigenvalue weighted by molar-refractivity contribution is 0.103. The third-order valence-corrected chi connectivity index (χ3v) is 4.12. The summed E-state index contributed by atoms with van der Waals surface area (Å²) < 4.78 is 11.9. The Bertz CT molecular complexity index is 831. The fourth-order valence-electron chi connectivity index (χ4n) is 2.51. The number of carbonyl (C=O) groups excluding carboxylic acids is 1. The summed E-state index contributed by atoms with van der Waals surface area (Å²) in [4.78, 5) is 12.9. The fraction of sp³-hybridized carbons (Fsp3) is 0.167. The van der Waals surface area contributed by atoms with Crippen LogP contribution in [-0.4, -0.2) is 12.9 Å². The number of ketones is 1. The summed E-state index contributed by atoms with van der Waals surface area (Å²) in [5.41, 5.74) is 2.00. The van der Waals surface area contributed by atoms with Crippen LogP contribution in [0.4, 0.5) is 0 Å². The molecule has 0 N–H and O–H groups in total. The van der Waals surface area contributed by atoms with Gasteiger partial charge in [0.25, 0.3) is 0 Å². The highest BCUT2D eigenvalue weighted by atomic mass is 79.9. The summed E-state index contributed by atoms with van der Waals surface area (Å²) in [6, 6.07) is 12.8. The van der Waals surface area contributed by atoms with Gasteiger partial charge in [0.2, 0.25) is 0 Å². The molecule has 1 aromatic heterocycles. The van der Waals surface area contributed by atoms with Gasteiger partial charge in [-0.2, -0.15) is 0 Å². The van der Waals surface area contributed by atoms with E-state index in [1.807, 2.05) is 25.1 Å². The molecule has 112 valence electrons. The topological polar surface area (TPSA) is 39.4 Å². The van der Waals surface area contributed by atoms with Crippen molar-refractivity contribution in [1.29, 1.82) is 0 Å². The number of carbonyl (C=O) groups is 1. The summed E-state index contributed by atoms with van der Waals surface area (Å²) in [5, 5.41) is 0.840. The molecule has 3 rings (SSSR count). The van der Waals surface area contributed by atoms with Crippen molar-refractivity contribution >= 4 is 32.7 Å². The van der Waals surface area contributed by atoms with Crippen molar-refractivity contribution in [2.75, 3.05) is 7.11 Å². The molecule has 0 radical (unpaired) electrons. The Morgan fingerprint density at radius 2 is 1.91 bits per heavy atom. The zero-order chi connectivity index (χ0) is 15.7. The lowest BCUT2D eigenvalue weighted by Crippen LogP contribution is -2.03. The molecular weight excluding hydrogens is 344 g/mol. The molecule has 0 atom stereocenters. The number of methoxy groups -OCH3 is 1. The molecule has 0 bridgehead atoms. The van der Waals surface area contributed by atoms with Gasteiger partial charge in [-0.3, -0.25) is 4.79 Å². The largest absolute Gasteiger partial charge is 0.497 e. The Kier molecular flexibility index (Phi) is 4.03. The van der Waals surface area contributed by atoms with Crippen LogP contribution in [0.1, 0.15) is 28.6 Å². The number of hydrogen-bond acceptors (Lipinski definition) is 3. The van der Waals surface area contributed by atoms with Crippen molar-refractivity contribution in [3.05, 3.63) is 63.8 Å². The van der Waals surface area contributed by atoms with Crippen molar-refractivity contribution in [2.24, 2.45) is 0 Å². The van der Waals surface area contributed by atoms with Crippen LogP contribution >= 0.6 is 15.9 Å². The third-order valence-electron chi connectivity index (χ3n) is 3.62. The van der Waals surface area contributed by atoms with E-state index in [1.165, 1.54) is 0 Å². The molecule has 22 heavy (non-hydrogen) atoms. The highest BCUT2D eigenvalue weighted by Crippen LogP contribution is 2.31.